The Balaban J connectivity index is 2.69. The summed E-state index contributed by atoms with van der Waals surface area (Å²) < 4.78 is 5.43. The van der Waals surface area contributed by atoms with E-state index in [4.69, 9.17) is 16.3 Å². The van der Waals surface area contributed by atoms with E-state index in [-0.39, 0.29) is 6.61 Å². The Hall–Kier alpha value is -0.730. The van der Waals surface area contributed by atoms with E-state index < -0.39 is 5.60 Å². The van der Waals surface area contributed by atoms with Crippen LogP contribution in [0.25, 0.3) is 0 Å². The minimum absolute atomic E-state index is 0.268. The summed E-state index contributed by atoms with van der Waals surface area (Å²) in [5.41, 5.74) is -0.659. The first-order chi connectivity index (χ1) is 6.03. The van der Waals surface area contributed by atoms with Crippen LogP contribution < -0.4 is 4.74 Å². The Labute approximate surface area is 83.1 Å². The van der Waals surface area contributed by atoms with E-state index in [9.17, 15) is 5.11 Å². The Morgan fingerprint density at radius 3 is 2.31 bits per heavy atom. The van der Waals surface area contributed by atoms with Gasteiger partial charge in [0.25, 0.3) is 0 Å². The molecule has 71 valence electrons. The summed E-state index contributed by atoms with van der Waals surface area (Å²) in [7, 11) is 0. The van der Waals surface area contributed by atoms with Crippen LogP contribution in [-0.4, -0.2) is 12.2 Å². The van der Waals surface area contributed by atoms with E-state index >= 15 is 0 Å². The normalized spacial score (nSPS) is 11.4. The Kier molecular flexibility index (Phi) is 3.17. The van der Waals surface area contributed by atoms with E-state index in [1.165, 1.54) is 0 Å². The summed E-state index contributed by atoms with van der Waals surface area (Å²) in [5, 5.41) is 11.3. The summed E-state index contributed by atoms with van der Waals surface area (Å²) in [5.74, 6) is 0.672. The van der Waals surface area contributed by atoms with Crippen molar-refractivity contribution in [1.82, 2.24) is 0 Å². The SMILES string of the molecule is CC(C)(C[O])Oc1ccc(Cl)cc1. The van der Waals surface area contributed by atoms with Gasteiger partial charge in [-0.3, -0.25) is 0 Å². The minimum atomic E-state index is -0.659. The zero-order valence-corrected chi connectivity index (χ0v) is 8.47. The van der Waals surface area contributed by atoms with E-state index in [1.807, 2.05) is 0 Å². The lowest BCUT2D eigenvalue weighted by molar-refractivity contribution is 0.00878. The van der Waals surface area contributed by atoms with Crippen molar-refractivity contribution in [2.75, 3.05) is 6.61 Å². The summed E-state index contributed by atoms with van der Waals surface area (Å²) in [6.07, 6.45) is 0. The van der Waals surface area contributed by atoms with Gasteiger partial charge in [0.15, 0.2) is 0 Å². The van der Waals surface area contributed by atoms with Crippen molar-refractivity contribution in [1.29, 1.82) is 0 Å². The predicted molar refractivity (Wildman–Crippen MR) is 51.7 cm³/mol. The highest BCUT2D eigenvalue weighted by molar-refractivity contribution is 6.30. The highest BCUT2D eigenvalue weighted by atomic mass is 35.5. The van der Waals surface area contributed by atoms with Gasteiger partial charge in [0.2, 0.25) is 0 Å². The van der Waals surface area contributed by atoms with Gasteiger partial charge in [0.05, 0.1) is 0 Å². The zero-order valence-electron chi connectivity index (χ0n) is 7.71. The van der Waals surface area contributed by atoms with Crippen molar-refractivity contribution in [2.45, 2.75) is 19.4 Å². The van der Waals surface area contributed by atoms with Gasteiger partial charge in [-0.25, -0.2) is 5.11 Å². The first kappa shape index (κ1) is 10.4. The third-order valence-electron chi connectivity index (χ3n) is 1.56. The van der Waals surface area contributed by atoms with E-state index in [1.54, 1.807) is 38.1 Å². The van der Waals surface area contributed by atoms with E-state index in [0.29, 0.717) is 10.8 Å². The lowest BCUT2D eigenvalue weighted by Gasteiger charge is -2.22. The van der Waals surface area contributed by atoms with Gasteiger partial charge in [-0.2, -0.15) is 0 Å². The number of halogens is 1. The molecular formula is C10H12ClO2. The van der Waals surface area contributed by atoms with Crippen LogP contribution in [0.3, 0.4) is 0 Å². The Morgan fingerprint density at radius 1 is 1.31 bits per heavy atom. The average molecular weight is 200 g/mol. The molecule has 0 saturated heterocycles. The first-order valence-corrected chi connectivity index (χ1v) is 4.44. The second kappa shape index (κ2) is 3.99. The van der Waals surface area contributed by atoms with Crippen LogP contribution in [0.5, 0.6) is 5.75 Å². The average Bonchev–Trinajstić information content (AvgIpc) is 2.09. The summed E-state index contributed by atoms with van der Waals surface area (Å²) >= 11 is 5.70. The first-order valence-electron chi connectivity index (χ1n) is 4.06. The minimum Gasteiger partial charge on any atom is -0.485 e. The van der Waals surface area contributed by atoms with Crippen LogP contribution in [-0.2, 0) is 5.11 Å². The topological polar surface area (TPSA) is 29.1 Å². The summed E-state index contributed by atoms with van der Waals surface area (Å²) in [6, 6.07) is 6.97. The van der Waals surface area contributed by atoms with Gasteiger partial charge in [0, 0.05) is 5.02 Å². The zero-order chi connectivity index (χ0) is 9.90. The highest BCUT2D eigenvalue weighted by Gasteiger charge is 2.18. The molecule has 0 fully saturated rings. The fraction of sp³-hybridized carbons (Fsp3) is 0.400. The second-order valence-corrected chi connectivity index (χ2v) is 3.90. The molecule has 13 heavy (non-hydrogen) atoms. The van der Waals surface area contributed by atoms with Crippen LogP contribution in [0.15, 0.2) is 24.3 Å². The number of hydrogen-bond donors (Lipinski definition) is 0. The standard InChI is InChI=1S/C10H12ClO2/c1-10(2,7-12)13-9-5-3-8(11)4-6-9/h3-6H,7H2,1-2H3. The van der Waals surface area contributed by atoms with Crippen LogP contribution >= 0.6 is 11.6 Å². The van der Waals surface area contributed by atoms with Gasteiger partial charge >= 0.3 is 0 Å². The Bertz CT molecular complexity index is 267. The number of rotatable bonds is 3. The van der Waals surface area contributed by atoms with Crippen molar-refractivity contribution >= 4 is 11.6 Å². The number of hydrogen-bond acceptors (Lipinski definition) is 1. The third-order valence-corrected chi connectivity index (χ3v) is 1.81. The van der Waals surface area contributed by atoms with Crippen molar-refractivity contribution in [3.63, 3.8) is 0 Å². The van der Waals surface area contributed by atoms with Crippen molar-refractivity contribution in [2.24, 2.45) is 0 Å². The third kappa shape index (κ3) is 3.25. The molecule has 1 aromatic rings. The molecule has 0 unspecified atom stereocenters. The molecule has 0 saturated carbocycles. The lowest BCUT2D eigenvalue weighted by Crippen LogP contribution is -2.31. The van der Waals surface area contributed by atoms with Crippen molar-refractivity contribution in [3.05, 3.63) is 29.3 Å². The van der Waals surface area contributed by atoms with Gasteiger partial charge < -0.3 is 4.74 Å². The predicted octanol–water partition coefficient (Wildman–Crippen LogP) is 2.93. The Morgan fingerprint density at radius 2 is 1.85 bits per heavy atom. The van der Waals surface area contributed by atoms with Crippen LogP contribution in [0.2, 0.25) is 5.02 Å². The van der Waals surface area contributed by atoms with Crippen LogP contribution in [0, 0.1) is 0 Å². The molecule has 0 amide bonds. The maximum Gasteiger partial charge on any atom is 0.130 e. The largest absolute Gasteiger partial charge is 0.485 e. The maximum atomic E-state index is 10.7. The highest BCUT2D eigenvalue weighted by Crippen LogP contribution is 2.20. The van der Waals surface area contributed by atoms with E-state index in [2.05, 4.69) is 0 Å². The summed E-state index contributed by atoms with van der Waals surface area (Å²) in [4.78, 5) is 0. The van der Waals surface area contributed by atoms with Gasteiger partial charge in [-0.1, -0.05) is 11.6 Å². The molecule has 0 aliphatic heterocycles. The van der Waals surface area contributed by atoms with Gasteiger partial charge in [0.1, 0.15) is 18.0 Å². The molecule has 0 aliphatic carbocycles. The molecule has 0 atom stereocenters. The molecular weight excluding hydrogens is 188 g/mol. The number of benzene rings is 1. The van der Waals surface area contributed by atoms with Gasteiger partial charge in [-0.15, -0.1) is 0 Å². The fourth-order valence-electron chi connectivity index (χ4n) is 0.851. The molecule has 0 N–H and O–H groups in total. The molecule has 1 radical (unpaired) electrons. The molecule has 0 spiro atoms. The van der Waals surface area contributed by atoms with Crippen molar-refractivity contribution < 1.29 is 9.84 Å². The smallest absolute Gasteiger partial charge is 0.130 e. The monoisotopic (exact) mass is 199 g/mol. The maximum absolute atomic E-state index is 10.7. The molecule has 0 aromatic heterocycles. The van der Waals surface area contributed by atoms with Crippen LogP contribution in [0.4, 0.5) is 0 Å². The van der Waals surface area contributed by atoms with E-state index in [0.717, 1.165) is 0 Å². The molecule has 0 aliphatic rings. The van der Waals surface area contributed by atoms with Crippen molar-refractivity contribution in [3.8, 4) is 5.75 Å². The summed E-state index contributed by atoms with van der Waals surface area (Å²) in [6.45, 7) is 3.25. The molecule has 3 heteroatoms. The molecule has 2 nitrogen and oxygen atoms in total. The molecule has 0 bridgehead atoms. The van der Waals surface area contributed by atoms with Crippen LogP contribution in [0.1, 0.15) is 13.8 Å². The quantitative estimate of drug-likeness (QED) is 0.736. The molecule has 0 heterocycles. The molecule has 1 rings (SSSR count). The lowest BCUT2D eigenvalue weighted by atomic mass is 10.1. The second-order valence-electron chi connectivity index (χ2n) is 3.46. The fourth-order valence-corrected chi connectivity index (χ4v) is 0.977. The molecule has 1 aromatic carbocycles. The number of ether oxygens (including phenoxy) is 1. The van der Waals surface area contributed by atoms with Gasteiger partial charge in [-0.05, 0) is 38.1 Å².